The SMILES string of the molecule is [2H]C1C([2H])[C@@H]2N=N[C@H]1C2[Si](C)(C)c1ccccc1. The van der Waals surface area contributed by atoms with Crippen LogP contribution >= 0.6 is 0 Å². The first kappa shape index (κ1) is 8.18. The zero-order valence-corrected chi connectivity index (χ0v) is 10.7. The van der Waals surface area contributed by atoms with Gasteiger partial charge in [-0.05, 0) is 12.8 Å². The smallest absolute Gasteiger partial charge is 0.0882 e. The van der Waals surface area contributed by atoms with Crippen LogP contribution in [0.4, 0.5) is 0 Å². The molecule has 1 heterocycles. The number of fused-ring (bicyclic) bond motifs is 2. The molecule has 0 aromatic heterocycles. The summed E-state index contributed by atoms with van der Waals surface area (Å²) in [6, 6.07) is 10.5. The molecule has 0 saturated heterocycles. The fraction of sp³-hybridized carbons (Fsp3) is 0.538. The Balaban J connectivity index is 1.97. The predicted octanol–water partition coefficient (Wildman–Crippen LogP) is 2.97. The third-order valence-corrected chi connectivity index (χ3v) is 8.10. The van der Waals surface area contributed by atoms with E-state index in [1.165, 1.54) is 5.19 Å². The fourth-order valence-electron chi connectivity index (χ4n) is 2.96. The Morgan fingerprint density at radius 2 is 1.69 bits per heavy atom. The van der Waals surface area contributed by atoms with E-state index in [9.17, 15) is 0 Å². The fourth-order valence-corrected chi connectivity index (χ4v) is 6.46. The number of azo groups is 1. The van der Waals surface area contributed by atoms with Gasteiger partial charge in [-0.25, -0.2) is 0 Å². The second-order valence-electron chi connectivity index (χ2n) is 5.21. The van der Waals surface area contributed by atoms with Gasteiger partial charge in [0, 0.05) is 8.28 Å². The van der Waals surface area contributed by atoms with E-state index in [1.54, 1.807) is 0 Å². The maximum Gasteiger partial charge on any atom is 0.0882 e. The van der Waals surface area contributed by atoms with Gasteiger partial charge in [-0.1, -0.05) is 48.6 Å². The zero-order chi connectivity index (χ0) is 12.9. The first-order valence-electron chi connectivity index (χ1n) is 6.99. The number of hydrogen-bond acceptors (Lipinski definition) is 2. The molecule has 3 heteroatoms. The summed E-state index contributed by atoms with van der Waals surface area (Å²) >= 11 is 0. The molecule has 1 aromatic rings. The van der Waals surface area contributed by atoms with Crippen molar-refractivity contribution in [1.82, 2.24) is 0 Å². The van der Waals surface area contributed by atoms with Crippen LogP contribution in [0.15, 0.2) is 40.6 Å². The summed E-state index contributed by atoms with van der Waals surface area (Å²) in [6.45, 7) is 4.66. The third kappa shape index (κ3) is 1.38. The van der Waals surface area contributed by atoms with Crippen LogP contribution in [-0.2, 0) is 0 Å². The van der Waals surface area contributed by atoms with Crippen molar-refractivity contribution in [1.29, 1.82) is 0 Å². The Bertz CT molecular complexity index is 459. The molecule has 1 aliphatic carbocycles. The van der Waals surface area contributed by atoms with Crippen molar-refractivity contribution in [3.05, 3.63) is 30.3 Å². The summed E-state index contributed by atoms with van der Waals surface area (Å²) < 4.78 is 16.2. The second kappa shape index (κ2) is 3.52. The van der Waals surface area contributed by atoms with Crippen molar-refractivity contribution in [3.8, 4) is 0 Å². The Labute approximate surface area is 101 Å². The second-order valence-corrected chi connectivity index (χ2v) is 9.90. The van der Waals surface area contributed by atoms with Crippen molar-refractivity contribution in [2.75, 3.05) is 0 Å². The van der Waals surface area contributed by atoms with Crippen LogP contribution in [0.1, 0.15) is 15.5 Å². The molecular formula is C13H18N2Si. The van der Waals surface area contributed by atoms with Gasteiger partial charge in [0.1, 0.15) is 0 Å². The normalized spacial score (nSPS) is 43.2. The maximum atomic E-state index is 8.08. The van der Waals surface area contributed by atoms with E-state index in [0.29, 0.717) is 5.54 Å². The summed E-state index contributed by atoms with van der Waals surface area (Å²) in [5, 5.41) is 9.91. The molecule has 5 atom stereocenters. The summed E-state index contributed by atoms with van der Waals surface area (Å²) in [4.78, 5) is 0. The van der Waals surface area contributed by atoms with E-state index in [4.69, 9.17) is 2.74 Å². The zero-order valence-electron chi connectivity index (χ0n) is 11.7. The molecule has 2 aliphatic rings. The largest absolute Gasteiger partial charge is 0.190 e. The highest BCUT2D eigenvalue weighted by atomic mass is 28.3. The van der Waals surface area contributed by atoms with Gasteiger partial charge in [0.15, 0.2) is 0 Å². The van der Waals surface area contributed by atoms with Crippen molar-refractivity contribution in [3.63, 3.8) is 0 Å². The molecule has 3 unspecified atom stereocenters. The molecule has 1 fully saturated rings. The van der Waals surface area contributed by atoms with Gasteiger partial charge in [-0.15, -0.1) is 0 Å². The first-order chi connectivity index (χ1) is 8.53. The van der Waals surface area contributed by atoms with Crippen LogP contribution in [0.2, 0.25) is 18.6 Å². The first-order valence-corrected chi connectivity index (χ1v) is 8.91. The van der Waals surface area contributed by atoms with Gasteiger partial charge >= 0.3 is 0 Å². The van der Waals surface area contributed by atoms with Crippen LogP contribution in [0.3, 0.4) is 0 Å². The molecule has 1 aromatic carbocycles. The molecule has 84 valence electrons. The van der Waals surface area contributed by atoms with Gasteiger partial charge in [-0.3, -0.25) is 0 Å². The summed E-state index contributed by atoms with van der Waals surface area (Å²) in [7, 11) is -1.72. The van der Waals surface area contributed by atoms with Crippen LogP contribution in [0.25, 0.3) is 0 Å². The molecule has 3 rings (SSSR count). The van der Waals surface area contributed by atoms with Gasteiger partial charge in [0.05, 0.1) is 20.2 Å². The predicted molar refractivity (Wildman–Crippen MR) is 69.0 cm³/mol. The molecule has 1 saturated carbocycles. The Morgan fingerprint density at radius 3 is 2.25 bits per heavy atom. The number of rotatable bonds is 2. The minimum Gasteiger partial charge on any atom is -0.190 e. The van der Waals surface area contributed by atoms with Gasteiger partial charge in [0.2, 0.25) is 0 Å². The Morgan fingerprint density at radius 1 is 1.12 bits per heavy atom. The summed E-state index contributed by atoms with van der Waals surface area (Å²) in [6.07, 6.45) is -0.763. The molecule has 0 amide bonds. The summed E-state index contributed by atoms with van der Waals surface area (Å²) in [5.41, 5.74) is 0.324. The lowest BCUT2D eigenvalue weighted by Gasteiger charge is -2.31. The van der Waals surface area contributed by atoms with Crippen LogP contribution < -0.4 is 5.19 Å². The van der Waals surface area contributed by atoms with E-state index >= 15 is 0 Å². The molecule has 0 N–H and O–H groups in total. The van der Waals surface area contributed by atoms with Gasteiger partial charge < -0.3 is 0 Å². The van der Waals surface area contributed by atoms with Crippen molar-refractivity contribution in [2.45, 2.75) is 43.5 Å². The average molecular weight is 232 g/mol. The van der Waals surface area contributed by atoms with E-state index in [2.05, 4.69) is 47.6 Å². The number of hydrogen-bond donors (Lipinski definition) is 0. The minimum absolute atomic E-state index is 0.0422. The molecule has 2 bridgehead atoms. The standard InChI is InChI=1S/C13H18N2Si/c1-16(2,10-6-4-3-5-7-10)13-11-8-9-12(13)15-14-11/h3-7,11-13H,8-9H2,1-2H3/t11-,12+,13?/i8D,9D/t8?,9?,11-,12+,13?. The molecule has 1 aliphatic heterocycles. The molecule has 16 heavy (non-hydrogen) atoms. The van der Waals surface area contributed by atoms with Crippen LogP contribution in [0, 0.1) is 0 Å². The monoisotopic (exact) mass is 232 g/mol. The molecule has 0 spiro atoms. The Kier molecular flexibility index (Phi) is 1.80. The average Bonchev–Trinajstić information content (AvgIpc) is 2.91. The van der Waals surface area contributed by atoms with E-state index in [1.807, 2.05) is 6.07 Å². The van der Waals surface area contributed by atoms with E-state index in [0.717, 1.165) is 0 Å². The van der Waals surface area contributed by atoms with E-state index in [-0.39, 0.29) is 24.9 Å². The molecular weight excluding hydrogens is 212 g/mol. The highest BCUT2D eigenvalue weighted by Crippen LogP contribution is 2.47. The third-order valence-electron chi connectivity index (χ3n) is 3.93. The van der Waals surface area contributed by atoms with Crippen LogP contribution in [-0.4, -0.2) is 20.2 Å². The lowest BCUT2D eigenvalue weighted by atomic mass is 10.2. The number of nitrogens with zero attached hydrogens (tertiary/aromatic N) is 2. The van der Waals surface area contributed by atoms with Crippen molar-refractivity contribution >= 4 is 13.3 Å². The van der Waals surface area contributed by atoms with Gasteiger partial charge in [0.25, 0.3) is 0 Å². The minimum atomic E-state index is -1.72. The summed E-state index contributed by atoms with van der Waals surface area (Å²) in [5.74, 6) is 0. The van der Waals surface area contributed by atoms with Gasteiger partial charge in [-0.2, -0.15) is 10.2 Å². The molecule has 2 nitrogen and oxygen atoms in total. The quantitative estimate of drug-likeness (QED) is 0.700. The maximum absolute atomic E-state index is 8.08. The highest BCUT2D eigenvalue weighted by Gasteiger charge is 2.50. The van der Waals surface area contributed by atoms with Crippen molar-refractivity contribution < 1.29 is 2.74 Å². The van der Waals surface area contributed by atoms with E-state index < -0.39 is 8.07 Å². The molecule has 0 radical (unpaired) electrons. The Hall–Kier alpha value is -0.963. The highest BCUT2D eigenvalue weighted by molar-refractivity contribution is 6.91. The topological polar surface area (TPSA) is 24.7 Å². The van der Waals surface area contributed by atoms with Crippen LogP contribution in [0.5, 0.6) is 0 Å². The van der Waals surface area contributed by atoms with Crippen molar-refractivity contribution in [2.24, 2.45) is 10.2 Å². The lowest BCUT2D eigenvalue weighted by Crippen LogP contribution is -2.49. The lowest BCUT2D eigenvalue weighted by molar-refractivity contribution is 0.643. The number of benzene rings is 1.